The number of hydrogen-bond acceptors (Lipinski definition) is 2. The number of rotatable bonds is 2. The van der Waals surface area contributed by atoms with Gasteiger partial charge < -0.3 is 10.7 Å². The van der Waals surface area contributed by atoms with Crippen molar-refractivity contribution < 1.29 is 0 Å². The molecule has 1 aliphatic rings. The molecule has 1 aromatic rings. The molecule has 1 aromatic heterocycles. The topological polar surface area (TPSA) is 67.1 Å². The average Bonchev–Trinajstić information content (AvgIpc) is 2.73. The first kappa shape index (κ1) is 7.34. The Kier molecular flexibility index (Phi) is 1.43. The van der Waals surface area contributed by atoms with Crippen LogP contribution in [0.15, 0.2) is 17.5 Å². The van der Waals surface area contributed by atoms with Gasteiger partial charge in [0.1, 0.15) is 5.84 Å². The summed E-state index contributed by atoms with van der Waals surface area (Å²) < 4.78 is 0. The molecule has 1 fully saturated rings. The number of aliphatic imine (C=N–C) groups is 1. The number of nitrogens with one attached hydrogen (secondary N) is 1. The quantitative estimate of drug-likeness (QED) is 0.491. The molecule has 1 heterocycles. The highest BCUT2D eigenvalue weighted by atomic mass is 14.9. The molecular formula is C8H12N4. The summed E-state index contributed by atoms with van der Waals surface area (Å²) in [5, 5.41) is 0. The second kappa shape index (κ2) is 2.33. The number of H-pyrrole nitrogens is 1. The molecule has 3 N–H and O–H groups in total. The van der Waals surface area contributed by atoms with Gasteiger partial charge in [0.05, 0.1) is 11.7 Å². The smallest absolute Gasteiger partial charge is 0.106 e. The van der Waals surface area contributed by atoms with Gasteiger partial charge in [-0.25, -0.2) is 4.98 Å². The van der Waals surface area contributed by atoms with Gasteiger partial charge in [-0.3, -0.25) is 4.99 Å². The van der Waals surface area contributed by atoms with E-state index in [4.69, 9.17) is 5.73 Å². The first-order valence-corrected chi connectivity index (χ1v) is 4.01. The van der Waals surface area contributed by atoms with Gasteiger partial charge in [0.15, 0.2) is 0 Å². The van der Waals surface area contributed by atoms with Crippen LogP contribution in [0.1, 0.15) is 18.5 Å². The number of hydrogen-bond donors (Lipinski definition) is 2. The molecular weight excluding hydrogens is 152 g/mol. The highest BCUT2D eigenvalue weighted by molar-refractivity contribution is 5.93. The fourth-order valence-electron chi connectivity index (χ4n) is 1.52. The monoisotopic (exact) mass is 164 g/mol. The lowest BCUT2D eigenvalue weighted by atomic mass is 10.0. The molecule has 0 amide bonds. The minimum atomic E-state index is -0.00868. The van der Waals surface area contributed by atoms with Crippen LogP contribution in [-0.2, 0) is 5.41 Å². The van der Waals surface area contributed by atoms with Gasteiger partial charge in [-0.1, -0.05) is 0 Å². The molecule has 4 heteroatoms. The van der Waals surface area contributed by atoms with Crippen LogP contribution in [0.25, 0.3) is 0 Å². The number of nitrogens with two attached hydrogens (primary N) is 1. The molecule has 12 heavy (non-hydrogen) atoms. The molecule has 64 valence electrons. The molecule has 1 saturated carbocycles. The first-order chi connectivity index (χ1) is 5.79. The van der Waals surface area contributed by atoms with Crippen LogP contribution in [0, 0.1) is 0 Å². The van der Waals surface area contributed by atoms with E-state index in [1.807, 2.05) is 6.20 Å². The van der Waals surface area contributed by atoms with Crippen LogP contribution in [0.5, 0.6) is 0 Å². The molecule has 4 nitrogen and oxygen atoms in total. The summed E-state index contributed by atoms with van der Waals surface area (Å²) in [7, 11) is 1.73. The van der Waals surface area contributed by atoms with Crippen LogP contribution in [0.4, 0.5) is 0 Å². The summed E-state index contributed by atoms with van der Waals surface area (Å²) in [6.45, 7) is 0. The van der Waals surface area contributed by atoms with Crippen molar-refractivity contribution in [2.24, 2.45) is 10.7 Å². The maximum atomic E-state index is 5.81. The largest absolute Gasteiger partial charge is 0.387 e. The lowest BCUT2D eigenvalue weighted by molar-refractivity contribution is 0.885. The number of nitrogens with zero attached hydrogens (tertiary/aromatic N) is 2. The highest BCUT2D eigenvalue weighted by Crippen LogP contribution is 2.47. The molecule has 1 aliphatic carbocycles. The average molecular weight is 164 g/mol. The van der Waals surface area contributed by atoms with Crippen molar-refractivity contribution in [1.82, 2.24) is 9.97 Å². The standard InChI is InChI=1S/C8H12N4/c1-10-7(9)8(2-3-8)6-4-11-5-12-6/h4-5H,2-3H2,1H3,(H2,9,10)(H,11,12). The third-order valence-corrected chi connectivity index (χ3v) is 2.50. The first-order valence-electron chi connectivity index (χ1n) is 4.01. The fraction of sp³-hybridized carbons (Fsp3) is 0.500. The van der Waals surface area contributed by atoms with Crippen LogP contribution in [0.3, 0.4) is 0 Å². The summed E-state index contributed by atoms with van der Waals surface area (Å²) in [6.07, 6.45) is 5.67. The van der Waals surface area contributed by atoms with Gasteiger partial charge in [0, 0.05) is 18.9 Å². The number of imidazole rings is 1. The van der Waals surface area contributed by atoms with E-state index < -0.39 is 0 Å². The van der Waals surface area contributed by atoms with Crippen molar-refractivity contribution in [1.29, 1.82) is 0 Å². The van der Waals surface area contributed by atoms with E-state index in [0.717, 1.165) is 18.5 Å². The van der Waals surface area contributed by atoms with E-state index in [1.165, 1.54) is 0 Å². The Labute approximate surface area is 70.9 Å². The molecule has 0 aromatic carbocycles. The highest BCUT2D eigenvalue weighted by Gasteiger charge is 2.49. The maximum Gasteiger partial charge on any atom is 0.106 e. The van der Waals surface area contributed by atoms with Gasteiger partial charge >= 0.3 is 0 Å². The summed E-state index contributed by atoms with van der Waals surface area (Å²) in [6, 6.07) is 0. The number of aromatic amines is 1. The Morgan fingerprint density at radius 1 is 1.75 bits per heavy atom. The van der Waals surface area contributed by atoms with Gasteiger partial charge in [-0.15, -0.1) is 0 Å². The zero-order valence-electron chi connectivity index (χ0n) is 7.04. The SMILES string of the molecule is CN=C(N)C1(c2cnc[nH]2)CC1. The van der Waals surface area contributed by atoms with Crippen LogP contribution < -0.4 is 5.73 Å². The van der Waals surface area contributed by atoms with Crippen molar-refractivity contribution in [2.45, 2.75) is 18.3 Å². The minimum Gasteiger partial charge on any atom is -0.387 e. The molecule has 0 atom stereocenters. The predicted octanol–water partition coefficient (Wildman–Crippen LogP) is 0.428. The molecule has 0 unspecified atom stereocenters. The van der Waals surface area contributed by atoms with Gasteiger partial charge in [-0.2, -0.15) is 0 Å². The van der Waals surface area contributed by atoms with E-state index in [1.54, 1.807) is 13.4 Å². The minimum absolute atomic E-state index is 0.00868. The molecule has 2 rings (SSSR count). The zero-order chi connectivity index (χ0) is 8.60. The second-order valence-electron chi connectivity index (χ2n) is 3.16. The van der Waals surface area contributed by atoms with Crippen LogP contribution in [-0.4, -0.2) is 22.9 Å². The zero-order valence-corrected chi connectivity index (χ0v) is 7.04. The van der Waals surface area contributed by atoms with E-state index in [0.29, 0.717) is 5.84 Å². The van der Waals surface area contributed by atoms with E-state index in [9.17, 15) is 0 Å². The third kappa shape index (κ3) is 0.841. The molecule has 0 bridgehead atoms. The summed E-state index contributed by atoms with van der Waals surface area (Å²) in [4.78, 5) is 11.1. The Hall–Kier alpha value is -1.32. The Morgan fingerprint density at radius 3 is 2.92 bits per heavy atom. The Morgan fingerprint density at radius 2 is 2.50 bits per heavy atom. The van der Waals surface area contributed by atoms with E-state index in [2.05, 4.69) is 15.0 Å². The maximum absolute atomic E-state index is 5.81. The molecule has 0 aliphatic heterocycles. The van der Waals surface area contributed by atoms with E-state index in [-0.39, 0.29) is 5.41 Å². The lowest BCUT2D eigenvalue weighted by Gasteiger charge is -2.10. The fourth-order valence-corrected chi connectivity index (χ4v) is 1.52. The number of aromatic nitrogens is 2. The van der Waals surface area contributed by atoms with E-state index >= 15 is 0 Å². The van der Waals surface area contributed by atoms with Crippen molar-refractivity contribution in [2.75, 3.05) is 7.05 Å². The summed E-state index contributed by atoms with van der Waals surface area (Å²) in [5.41, 5.74) is 6.89. The summed E-state index contributed by atoms with van der Waals surface area (Å²) >= 11 is 0. The number of amidine groups is 1. The second-order valence-corrected chi connectivity index (χ2v) is 3.16. The van der Waals surface area contributed by atoms with Crippen molar-refractivity contribution >= 4 is 5.84 Å². The normalized spacial score (nSPS) is 20.9. The lowest BCUT2D eigenvalue weighted by Crippen LogP contribution is -2.29. The van der Waals surface area contributed by atoms with Crippen LogP contribution in [0.2, 0.25) is 0 Å². The Bertz CT molecular complexity index is 295. The predicted molar refractivity (Wildman–Crippen MR) is 47.0 cm³/mol. The van der Waals surface area contributed by atoms with Crippen molar-refractivity contribution in [3.63, 3.8) is 0 Å². The molecule has 0 saturated heterocycles. The van der Waals surface area contributed by atoms with Gasteiger partial charge in [0.2, 0.25) is 0 Å². The molecule has 0 radical (unpaired) electrons. The third-order valence-electron chi connectivity index (χ3n) is 2.50. The Balaban J connectivity index is 2.35. The van der Waals surface area contributed by atoms with Crippen molar-refractivity contribution in [3.05, 3.63) is 18.2 Å². The molecule has 0 spiro atoms. The summed E-state index contributed by atoms with van der Waals surface area (Å²) in [5.74, 6) is 0.715. The van der Waals surface area contributed by atoms with Crippen molar-refractivity contribution in [3.8, 4) is 0 Å². The van der Waals surface area contributed by atoms with Gasteiger partial charge in [-0.05, 0) is 12.8 Å². The van der Waals surface area contributed by atoms with Gasteiger partial charge in [0.25, 0.3) is 0 Å². The van der Waals surface area contributed by atoms with Crippen LogP contribution >= 0.6 is 0 Å².